The van der Waals surface area contributed by atoms with Crippen molar-refractivity contribution >= 4 is 10.9 Å². The second-order valence-electron chi connectivity index (χ2n) is 8.67. The minimum atomic E-state index is -0.524. The molecule has 3 aromatic rings. The summed E-state index contributed by atoms with van der Waals surface area (Å²) in [6, 6.07) is 15.7. The van der Waals surface area contributed by atoms with Crippen LogP contribution < -0.4 is 14.2 Å². The van der Waals surface area contributed by atoms with E-state index in [1.807, 2.05) is 49.4 Å². The Kier molecular flexibility index (Phi) is 7.15. The van der Waals surface area contributed by atoms with Crippen molar-refractivity contribution in [3.63, 3.8) is 0 Å². The monoisotopic (exact) mass is 435 g/mol. The Morgan fingerprint density at radius 3 is 2.50 bits per heavy atom. The summed E-state index contributed by atoms with van der Waals surface area (Å²) in [5.41, 5.74) is 2.27. The van der Waals surface area contributed by atoms with E-state index in [1.165, 1.54) is 0 Å². The molecule has 1 N–H and O–H groups in total. The van der Waals surface area contributed by atoms with Crippen molar-refractivity contribution in [2.24, 2.45) is 0 Å². The fraction of sp³-hybridized carbons (Fsp3) is 0.444. The average molecular weight is 436 g/mol. The van der Waals surface area contributed by atoms with Crippen LogP contribution in [0.4, 0.5) is 0 Å². The topological polar surface area (TPSA) is 60.8 Å². The highest BCUT2D eigenvalue weighted by Gasteiger charge is 2.33. The zero-order valence-corrected chi connectivity index (χ0v) is 19.1. The van der Waals surface area contributed by atoms with Crippen LogP contribution >= 0.6 is 0 Å². The first-order chi connectivity index (χ1) is 15.6. The van der Waals surface area contributed by atoms with Crippen molar-refractivity contribution < 1.29 is 19.3 Å². The number of hydrogen-bond donors (Lipinski definition) is 1. The number of aromatic nitrogens is 1. The van der Waals surface area contributed by atoms with E-state index in [2.05, 4.69) is 13.0 Å². The number of rotatable bonds is 11. The third-order valence-corrected chi connectivity index (χ3v) is 6.22. The quantitative estimate of drug-likeness (QED) is 0.375. The van der Waals surface area contributed by atoms with Gasteiger partial charge in [-0.1, -0.05) is 31.5 Å². The number of hydrogen-bond acceptors (Lipinski definition) is 5. The highest BCUT2D eigenvalue weighted by Crippen LogP contribution is 2.35. The molecule has 0 spiro atoms. The van der Waals surface area contributed by atoms with Gasteiger partial charge in [0.15, 0.2) is 0 Å². The van der Waals surface area contributed by atoms with Crippen molar-refractivity contribution in [2.45, 2.75) is 64.6 Å². The molecule has 0 aliphatic heterocycles. The minimum absolute atomic E-state index is 0.351. The second-order valence-corrected chi connectivity index (χ2v) is 8.67. The molecule has 0 saturated heterocycles. The first-order valence-electron chi connectivity index (χ1n) is 11.7. The highest BCUT2D eigenvalue weighted by atomic mass is 16.5. The van der Waals surface area contributed by atoms with Gasteiger partial charge in [0, 0.05) is 23.4 Å². The van der Waals surface area contributed by atoms with Crippen LogP contribution in [-0.2, 0) is 6.61 Å². The van der Waals surface area contributed by atoms with E-state index in [0.717, 1.165) is 71.5 Å². The molecule has 1 aliphatic carbocycles. The lowest BCUT2D eigenvalue weighted by Crippen LogP contribution is -2.38. The molecule has 1 aliphatic rings. The second kappa shape index (κ2) is 10.2. The molecule has 0 unspecified atom stereocenters. The lowest BCUT2D eigenvalue weighted by Gasteiger charge is -2.36. The van der Waals surface area contributed by atoms with Crippen molar-refractivity contribution in [3.8, 4) is 17.2 Å². The van der Waals surface area contributed by atoms with E-state index < -0.39 is 5.60 Å². The highest BCUT2D eigenvalue weighted by molar-refractivity contribution is 5.86. The molecule has 2 aromatic carbocycles. The Balaban J connectivity index is 1.44. The molecular formula is C27H33NO4. The predicted octanol–water partition coefficient (Wildman–Crippen LogP) is 5.99. The first kappa shape index (κ1) is 22.4. The zero-order chi connectivity index (χ0) is 22.4. The number of nitrogens with zero attached hydrogens (tertiary/aromatic N) is 1. The molecule has 5 heteroatoms. The fourth-order valence-electron chi connectivity index (χ4n) is 3.97. The van der Waals surface area contributed by atoms with Gasteiger partial charge in [-0.05, 0) is 56.9 Å². The number of benzene rings is 2. The summed E-state index contributed by atoms with van der Waals surface area (Å²) in [6.07, 6.45) is 5.64. The summed E-state index contributed by atoms with van der Waals surface area (Å²) in [7, 11) is 0. The van der Waals surface area contributed by atoms with E-state index in [1.54, 1.807) is 0 Å². The Bertz CT molecular complexity index is 1050. The molecule has 0 amide bonds. The molecule has 170 valence electrons. The predicted molar refractivity (Wildman–Crippen MR) is 127 cm³/mol. The van der Waals surface area contributed by atoms with Gasteiger partial charge in [0.1, 0.15) is 23.9 Å². The van der Waals surface area contributed by atoms with Gasteiger partial charge in [0.2, 0.25) is 0 Å². The first-order valence-corrected chi connectivity index (χ1v) is 11.7. The summed E-state index contributed by atoms with van der Waals surface area (Å²) < 4.78 is 18.1. The van der Waals surface area contributed by atoms with E-state index in [4.69, 9.17) is 19.2 Å². The number of unbranched alkanes of at least 4 members (excludes halogenated alkanes) is 1. The Labute approximate surface area is 190 Å². The summed E-state index contributed by atoms with van der Waals surface area (Å²) in [6.45, 7) is 5.76. The number of ether oxygens (including phenoxy) is 3. The molecule has 32 heavy (non-hydrogen) atoms. The SMILES string of the molecule is CCCCOc1c(C)c(COc2cccc(OCCC3(O)CCC3)c2)nc2ccccc12. The van der Waals surface area contributed by atoms with Crippen molar-refractivity contribution in [2.75, 3.05) is 13.2 Å². The molecular weight excluding hydrogens is 402 g/mol. The molecule has 1 saturated carbocycles. The standard InChI is InChI=1S/C27H33NO4/c1-3-4-16-31-26-20(2)25(28-24-12-6-5-11-23(24)26)19-32-22-10-7-9-21(18-22)30-17-15-27(29)13-8-14-27/h5-7,9-12,18,29H,3-4,8,13-17,19H2,1-2H3. The van der Waals surface area contributed by atoms with Gasteiger partial charge < -0.3 is 19.3 Å². The minimum Gasteiger partial charge on any atom is -0.493 e. The maximum atomic E-state index is 10.2. The smallest absolute Gasteiger partial charge is 0.133 e. The third-order valence-electron chi connectivity index (χ3n) is 6.22. The van der Waals surface area contributed by atoms with Gasteiger partial charge in [0.05, 0.1) is 30.0 Å². The lowest BCUT2D eigenvalue weighted by molar-refractivity contribution is -0.0482. The zero-order valence-electron chi connectivity index (χ0n) is 19.1. The van der Waals surface area contributed by atoms with Gasteiger partial charge >= 0.3 is 0 Å². The Hall–Kier alpha value is -2.79. The van der Waals surface area contributed by atoms with Gasteiger partial charge in [-0.3, -0.25) is 0 Å². The molecule has 4 rings (SSSR count). The van der Waals surface area contributed by atoms with Gasteiger partial charge in [0.25, 0.3) is 0 Å². The van der Waals surface area contributed by atoms with Gasteiger partial charge in [-0.2, -0.15) is 0 Å². The molecule has 1 aromatic heterocycles. The molecule has 1 fully saturated rings. The van der Waals surface area contributed by atoms with Crippen molar-refractivity contribution in [1.29, 1.82) is 0 Å². The maximum Gasteiger partial charge on any atom is 0.133 e. The Morgan fingerprint density at radius 2 is 1.75 bits per heavy atom. The van der Waals surface area contributed by atoms with E-state index >= 15 is 0 Å². The molecule has 0 radical (unpaired) electrons. The van der Waals surface area contributed by atoms with Crippen molar-refractivity contribution in [1.82, 2.24) is 4.98 Å². The molecule has 5 nitrogen and oxygen atoms in total. The van der Waals surface area contributed by atoms with Crippen LogP contribution in [0.25, 0.3) is 10.9 Å². The number of para-hydroxylation sites is 1. The molecule has 1 heterocycles. The molecule has 0 atom stereocenters. The van der Waals surface area contributed by atoms with Crippen LogP contribution in [0.2, 0.25) is 0 Å². The molecule has 0 bridgehead atoms. The number of pyridine rings is 1. The average Bonchev–Trinajstić information content (AvgIpc) is 2.78. The Morgan fingerprint density at radius 1 is 0.969 bits per heavy atom. The van der Waals surface area contributed by atoms with Crippen LogP contribution in [-0.4, -0.2) is 28.9 Å². The number of aliphatic hydroxyl groups is 1. The maximum absolute atomic E-state index is 10.2. The van der Waals surface area contributed by atoms with Gasteiger partial charge in [-0.25, -0.2) is 4.98 Å². The van der Waals surface area contributed by atoms with Crippen LogP contribution in [0, 0.1) is 6.92 Å². The van der Waals surface area contributed by atoms with Gasteiger partial charge in [-0.15, -0.1) is 0 Å². The van der Waals surface area contributed by atoms with Crippen LogP contribution in [0.3, 0.4) is 0 Å². The van der Waals surface area contributed by atoms with E-state index in [9.17, 15) is 5.11 Å². The third kappa shape index (κ3) is 5.33. The van der Waals surface area contributed by atoms with Crippen molar-refractivity contribution in [3.05, 3.63) is 59.8 Å². The fourth-order valence-corrected chi connectivity index (χ4v) is 3.97. The largest absolute Gasteiger partial charge is 0.493 e. The van der Waals surface area contributed by atoms with Crippen LogP contribution in [0.15, 0.2) is 48.5 Å². The lowest BCUT2D eigenvalue weighted by atomic mass is 9.78. The summed E-state index contributed by atoms with van der Waals surface area (Å²) in [5, 5.41) is 11.3. The van der Waals surface area contributed by atoms with Crippen LogP contribution in [0.1, 0.15) is 56.7 Å². The number of fused-ring (bicyclic) bond motifs is 1. The summed E-state index contributed by atoms with van der Waals surface area (Å²) in [4.78, 5) is 4.83. The van der Waals surface area contributed by atoms with Crippen LogP contribution in [0.5, 0.6) is 17.2 Å². The van der Waals surface area contributed by atoms with E-state index in [0.29, 0.717) is 26.2 Å². The van der Waals surface area contributed by atoms with E-state index in [-0.39, 0.29) is 0 Å². The summed E-state index contributed by atoms with van der Waals surface area (Å²) >= 11 is 0. The summed E-state index contributed by atoms with van der Waals surface area (Å²) in [5.74, 6) is 2.37. The normalized spacial score (nSPS) is 14.7.